The molecule has 0 saturated heterocycles. The third kappa shape index (κ3) is 1.51. The van der Waals surface area contributed by atoms with Gasteiger partial charge in [-0.2, -0.15) is 5.10 Å². The van der Waals surface area contributed by atoms with Gasteiger partial charge in [0.1, 0.15) is 5.82 Å². The molecule has 0 aliphatic carbocycles. The number of fused-ring (bicyclic) bond motifs is 2. The summed E-state index contributed by atoms with van der Waals surface area (Å²) in [6.07, 6.45) is 3.46. The molecular formula is C16H10FN3. The molecule has 3 nitrogen and oxygen atoms in total. The highest BCUT2D eigenvalue weighted by Crippen LogP contribution is 2.32. The highest BCUT2D eigenvalue weighted by Gasteiger charge is 2.11. The van der Waals surface area contributed by atoms with E-state index in [9.17, 15) is 4.39 Å². The predicted octanol–water partition coefficient (Wildman–Crippen LogP) is 3.92. The monoisotopic (exact) mass is 263 g/mol. The number of halogens is 1. The Kier molecular flexibility index (Phi) is 2.29. The van der Waals surface area contributed by atoms with E-state index in [4.69, 9.17) is 0 Å². The van der Waals surface area contributed by atoms with E-state index in [1.165, 1.54) is 6.07 Å². The topological polar surface area (TPSA) is 41.6 Å². The minimum absolute atomic E-state index is 0.254. The van der Waals surface area contributed by atoms with E-state index in [0.29, 0.717) is 10.9 Å². The number of nitrogens with one attached hydrogen (secondary N) is 1. The van der Waals surface area contributed by atoms with Gasteiger partial charge >= 0.3 is 0 Å². The van der Waals surface area contributed by atoms with Crippen LogP contribution in [0.3, 0.4) is 0 Å². The van der Waals surface area contributed by atoms with Crippen LogP contribution in [0.2, 0.25) is 0 Å². The van der Waals surface area contributed by atoms with Crippen LogP contribution in [0.4, 0.5) is 4.39 Å². The van der Waals surface area contributed by atoms with Crippen LogP contribution in [0.5, 0.6) is 0 Å². The molecule has 20 heavy (non-hydrogen) atoms. The Morgan fingerprint density at radius 3 is 2.80 bits per heavy atom. The Hall–Kier alpha value is -2.75. The fraction of sp³-hybridized carbons (Fsp3) is 0. The molecule has 0 amide bonds. The van der Waals surface area contributed by atoms with Crippen molar-refractivity contribution in [2.45, 2.75) is 0 Å². The summed E-state index contributed by atoms with van der Waals surface area (Å²) in [7, 11) is 0. The van der Waals surface area contributed by atoms with Gasteiger partial charge < -0.3 is 0 Å². The van der Waals surface area contributed by atoms with Crippen molar-refractivity contribution in [3.05, 3.63) is 60.7 Å². The minimum Gasteiger partial charge on any atom is -0.278 e. The molecule has 0 radical (unpaired) electrons. The van der Waals surface area contributed by atoms with Gasteiger partial charge in [0.05, 0.1) is 17.2 Å². The minimum atomic E-state index is -0.254. The van der Waals surface area contributed by atoms with Crippen LogP contribution in [0, 0.1) is 5.82 Å². The van der Waals surface area contributed by atoms with Crippen molar-refractivity contribution >= 4 is 21.8 Å². The standard InChI is InChI=1S/C16H10FN3/c17-14-7-6-11(16-12(14)4-2-8-18-16)10-3-1-5-15-13(10)9-19-20-15/h1-9H,(H,19,20). The first-order valence-corrected chi connectivity index (χ1v) is 6.30. The predicted molar refractivity (Wildman–Crippen MR) is 76.8 cm³/mol. The molecule has 0 atom stereocenters. The van der Waals surface area contributed by atoms with Gasteiger partial charge in [-0.05, 0) is 35.9 Å². The van der Waals surface area contributed by atoms with E-state index < -0.39 is 0 Å². The third-order valence-corrected chi connectivity index (χ3v) is 3.49. The van der Waals surface area contributed by atoms with Crippen LogP contribution in [-0.2, 0) is 0 Å². The van der Waals surface area contributed by atoms with E-state index in [1.54, 1.807) is 30.6 Å². The SMILES string of the molecule is Fc1ccc(-c2cccc3[nH]ncc23)c2ncccc12. The maximum absolute atomic E-state index is 13.9. The molecule has 2 aromatic carbocycles. The largest absolute Gasteiger partial charge is 0.278 e. The Morgan fingerprint density at radius 2 is 1.85 bits per heavy atom. The molecule has 2 heterocycles. The molecule has 96 valence electrons. The number of aromatic nitrogens is 3. The maximum atomic E-state index is 13.9. The second-order valence-electron chi connectivity index (χ2n) is 4.63. The van der Waals surface area contributed by atoms with Crippen molar-refractivity contribution in [3.8, 4) is 11.1 Å². The maximum Gasteiger partial charge on any atom is 0.132 e. The number of H-pyrrole nitrogens is 1. The van der Waals surface area contributed by atoms with Crippen molar-refractivity contribution in [2.24, 2.45) is 0 Å². The Morgan fingerprint density at radius 1 is 0.900 bits per heavy atom. The average molecular weight is 263 g/mol. The fourth-order valence-electron chi connectivity index (χ4n) is 2.56. The lowest BCUT2D eigenvalue weighted by Gasteiger charge is -2.07. The van der Waals surface area contributed by atoms with E-state index in [2.05, 4.69) is 15.2 Å². The smallest absolute Gasteiger partial charge is 0.132 e. The Labute approximate surface area is 114 Å². The number of pyridine rings is 1. The highest BCUT2D eigenvalue weighted by atomic mass is 19.1. The van der Waals surface area contributed by atoms with E-state index in [0.717, 1.165) is 22.0 Å². The Balaban J connectivity index is 2.13. The van der Waals surface area contributed by atoms with Crippen LogP contribution < -0.4 is 0 Å². The first-order valence-electron chi connectivity index (χ1n) is 6.30. The summed E-state index contributed by atoms with van der Waals surface area (Å²) >= 11 is 0. The quantitative estimate of drug-likeness (QED) is 0.565. The number of hydrogen-bond acceptors (Lipinski definition) is 2. The van der Waals surface area contributed by atoms with Crippen molar-refractivity contribution in [1.29, 1.82) is 0 Å². The number of rotatable bonds is 1. The number of aromatic amines is 1. The zero-order valence-electron chi connectivity index (χ0n) is 10.5. The third-order valence-electron chi connectivity index (χ3n) is 3.49. The molecule has 0 aliphatic heterocycles. The zero-order valence-corrected chi connectivity index (χ0v) is 10.5. The summed E-state index contributed by atoms with van der Waals surface area (Å²) in [5.41, 5.74) is 3.53. The van der Waals surface area contributed by atoms with Crippen LogP contribution in [0.25, 0.3) is 32.9 Å². The van der Waals surface area contributed by atoms with Gasteiger partial charge in [0, 0.05) is 22.5 Å². The molecule has 2 aromatic heterocycles. The normalized spacial score (nSPS) is 11.2. The van der Waals surface area contributed by atoms with Gasteiger partial charge in [0.2, 0.25) is 0 Å². The number of hydrogen-bond donors (Lipinski definition) is 1. The van der Waals surface area contributed by atoms with Gasteiger partial charge in [-0.15, -0.1) is 0 Å². The molecule has 4 rings (SSSR count). The van der Waals surface area contributed by atoms with Crippen LogP contribution >= 0.6 is 0 Å². The van der Waals surface area contributed by atoms with Gasteiger partial charge in [0.25, 0.3) is 0 Å². The van der Waals surface area contributed by atoms with Gasteiger partial charge in [-0.25, -0.2) is 4.39 Å². The number of nitrogens with zero attached hydrogens (tertiary/aromatic N) is 2. The first kappa shape index (κ1) is 11.1. The molecule has 0 saturated carbocycles. The van der Waals surface area contributed by atoms with E-state index in [-0.39, 0.29) is 5.82 Å². The van der Waals surface area contributed by atoms with Crippen LogP contribution in [0.1, 0.15) is 0 Å². The van der Waals surface area contributed by atoms with Gasteiger partial charge in [-0.3, -0.25) is 10.1 Å². The lowest BCUT2D eigenvalue weighted by Crippen LogP contribution is -1.88. The average Bonchev–Trinajstić information content (AvgIpc) is 2.97. The molecule has 4 heteroatoms. The zero-order chi connectivity index (χ0) is 13.5. The lowest BCUT2D eigenvalue weighted by molar-refractivity contribution is 0.639. The molecule has 0 fully saturated rings. The van der Waals surface area contributed by atoms with Crippen molar-refractivity contribution in [2.75, 3.05) is 0 Å². The summed E-state index contributed by atoms with van der Waals surface area (Å²) in [6.45, 7) is 0. The van der Waals surface area contributed by atoms with Crippen LogP contribution in [0.15, 0.2) is 54.9 Å². The summed E-state index contributed by atoms with van der Waals surface area (Å²) in [5, 5.41) is 8.55. The van der Waals surface area contributed by atoms with Crippen molar-refractivity contribution in [3.63, 3.8) is 0 Å². The molecule has 1 N–H and O–H groups in total. The summed E-state index contributed by atoms with van der Waals surface area (Å²) < 4.78 is 13.9. The van der Waals surface area contributed by atoms with E-state index >= 15 is 0 Å². The van der Waals surface area contributed by atoms with Gasteiger partial charge in [0.15, 0.2) is 0 Å². The second kappa shape index (κ2) is 4.13. The second-order valence-corrected chi connectivity index (χ2v) is 4.63. The van der Waals surface area contributed by atoms with Crippen molar-refractivity contribution in [1.82, 2.24) is 15.2 Å². The summed E-state index contributed by atoms with van der Waals surface area (Å²) in [4.78, 5) is 4.34. The molecule has 0 bridgehead atoms. The summed E-state index contributed by atoms with van der Waals surface area (Å²) in [5.74, 6) is -0.254. The first-order chi connectivity index (χ1) is 9.84. The van der Waals surface area contributed by atoms with Crippen molar-refractivity contribution < 1.29 is 4.39 Å². The molecule has 0 aliphatic rings. The fourth-order valence-corrected chi connectivity index (χ4v) is 2.56. The highest BCUT2D eigenvalue weighted by molar-refractivity contribution is 6.02. The molecule has 4 aromatic rings. The number of benzene rings is 2. The molecule has 0 spiro atoms. The van der Waals surface area contributed by atoms with Gasteiger partial charge in [-0.1, -0.05) is 12.1 Å². The Bertz CT molecular complexity index is 927. The van der Waals surface area contributed by atoms with E-state index in [1.807, 2.05) is 18.2 Å². The van der Waals surface area contributed by atoms with Crippen LogP contribution in [-0.4, -0.2) is 15.2 Å². The molecular weight excluding hydrogens is 253 g/mol. The lowest BCUT2D eigenvalue weighted by atomic mass is 9.99. The summed E-state index contributed by atoms with van der Waals surface area (Å²) in [6, 6.07) is 12.7. The molecule has 0 unspecified atom stereocenters.